The third-order valence-corrected chi connectivity index (χ3v) is 3.08. The Balaban J connectivity index is 2.19. The highest BCUT2D eigenvalue weighted by Gasteiger charge is 2.08. The third-order valence-electron chi connectivity index (χ3n) is 2.10. The zero-order valence-corrected chi connectivity index (χ0v) is 10.0. The van der Waals surface area contributed by atoms with Gasteiger partial charge in [-0.05, 0) is 46.7 Å². The molecule has 0 saturated heterocycles. The molecular formula is C9H17IN2. The summed E-state index contributed by atoms with van der Waals surface area (Å²) in [7, 11) is 4.26. The Morgan fingerprint density at radius 2 is 2.33 bits per heavy atom. The van der Waals surface area contributed by atoms with E-state index >= 15 is 0 Å². The zero-order valence-electron chi connectivity index (χ0n) is 7.89. The van der Waals surface area contributed by atoms with E-state index in [2.05, 4.69) is 52.6 Å². The Morgan fingerprint density at radius 1 is 1.58 bits per heavy atom. The highest BCUT2D eigenvalue weighted by atomic mass is 127. The van der Waals surface area contributed by atoms with Crippen molar-refractivity contribution in [2.24, 2.45) is 0 Å². The van der Waals surface area contributed by atoms with Gasteiger partial charge in [0.1, 0.15) is 0 Å². The van der Waals surface area contributed by atoms with Crippen molar-refractivity contribution in [3.63, 3.8) is 0 Å². The molecule has 1 aliphatic rings. The molecule has 0 unspecified atom stereocenters. The molecule has 2 nitrogen and oxygen atoms in total. The Morgan fingerprint density at radius 3 is 2.83 bits per heavy atom. The molecule has 1 rings (SSSR count). The van der Waals surface area contributed by atoms with Crippen LogP contribution in [0.25, 0.3) is 0 Å². The molecule has 0 spiro atoms. The van der Waals surface area contributed by atoms with Crippen molar-refractivity contribution in [2.45, 2.75) is 6.42 Å². The van der Waals surface area contributed by atoms with Crippen molar-refractivity contribution in [1.29, 1.82) is 0 Å². The summed E-state index contributed by atoms with van der Waals surface area (Å²) in [6.45, 7) is 4.76. The monoisotopic (exact) mass is 280 g/mol. The summed E-state index contributed by atoms with van der Waals surface area (Å²) in [6, 6.07) is 0. The SMILES string of the molecule is CN(C)CCN1CC=C(I)CC1. The maximum Gasteiger partial charge on any atom is 0.0174 e. The van der Waals surface area contributed by atoms with Crippen LogP contribution >= 0.6 is 22.6 Å². The molecular weight excluding hydrogens is 263 g/mol. The Labute approximate surface area is 88.7 Å². The van der Waals surface area contributed by atoms with E-state index in [9.17, 15) is 0 Å². The highest BCUT2D eigenvalue weighted by Crippen LogP contribution is 2.16. The molecule has 0 saturated carbocycles. The lowest BCUT2D eigenvalue weighted by Gasteiger charge is -2.25. The smallest absolute Gasteiger partial charge is 0.0174 e. The van der Waals surface area contributed by atoms with Crippen molar-refractivity contribution in [1.82, 2.24) is 9.80 Å². The molecule has 1 aliphatic heterocycles. The van der Waals surface area contributed by atoms with Crippen LogP contribution in [-0.2, 0) is 0 Å². The number of nitrogens with zero attached hydrogens (tertiary/aromatic N) is 2. The summed E-state index contributed by atoms with van der Waals surface area (Å²) in [5.41, 5.74) is 0. The second kappa shape index (κ2) is 5.19. The molecule has 0 aliphatic carbocycles. The Kier molecular flexibility index (Phi) is 4.53. The minimum Gasteiger partial charge on any atom is -0.308 e. The first-order valence-corrected chi connectivity index (χ1v) is 5.48. The van der Waals surface area contributed by atoms with Gasteiger partial charge in [-0.2, -0.15) is 0 Å². The van der Waals surface area contributed by atoms with Crippen LogP contribution in [0.5, 0.6) is 0 Å². The van der Waals surface area contributed by atoms with Gasteiger partial charge in [0.15, 0.2) is 0 Å². The largest absolute Gasteiger partial charge is 0.308 e. The normalized spacial score (nSPS) is 19.8. The standard InChI is InChI=1S/C9H17IN2/c1-11(2)7-8-12-5-3-9(10)4-6-12/h3H,4-8H2,1-2H3. The van der Waals surface area contributed by atoms with Gasteiger partial charge in [0.25, 0.3) is 0 Å². The second-order valence-electron chi connectivity index (χ2n) is 3.50. The van der Waals surface area contributed by atoms with E-state index < -0.39 is 0 Å². The molecule has 3 heteroatoms. The van der Waals surface area contributed by atoms with Gasteiger partial charge >= 0.3 is 0 Å². The van der Waals surface area contributed by atoms with Crippen molar-refractivity contribution in [3.8, 4) is 0 Å². The molecule has 0 atom stereocenters. The summed E-state index contributed by atoms with van der Waals surface area (Å²) in [5, 5.41) is 0. The number of hydrogen-bond acceptors (Lipinski definition) is 2. The van der Waals surface area contributed by atoms with Crippen molar-refractivity contribution < 1.29 is 0 Å². The van der Waals surface area contributed by atoms with E-state index in [-0.39, 0.29) is 0 Å². The number of hydrogen-bond donors (Lipinski definition) is 0. The fourth-order valence-electron chi connectivity index (χ4n) is 1.23. The number of likely N-dealkylation sites (N-methyl/N-ethyl adjacent to an activating group) is 1. The first-order valence-electron chi connectivity index (χ1n) is 4.40. The minimum absolute atomic E-state index is 1.14. The van der Waals surface area contributed by atoms with E-state index in [0.29, 0.717) is 0 Å². The molecule has 12 heavy (non-hydrogen) atoms. The van der Waals surface area contributed by atoms with Crippen LogP contribution < -0.4 is 0 Å². The molecule has 70 valence electrons. The zero-order chi connectivity index (χ0) is 8.97. The van der Waals surface area contributed by atoms with Gasteiger partial charge in [0.2, 0.25) is 0 Å². The summed E-state index contributed by atoms with van der Waals surface area (Å²) in [4.78, 5) is 4.74. The molecule has 0 bridgehead atoms. The van der Waals surface area contributed by atoms with Crippen LogP contribution in [0.4, 0.5) is 0 Å². The molecule has 0 fully saturated rings. The van der Waals surface area contributed by atoms with Crippen LogP contribution in [0.2, 0.25) is 0 Å². The molecule has 0 N–H and O–H groups in total. The van der Waals surface area contributed by atoms with Crippen molar-refractivity contribution >= 4 is 22.6 Å². The van der Waals surface area contributed by atoms with E-state index in [1.165, 1.54) is 29.6 Å². The average molecular weight is 280 g/mol. The third kappa shape index (κ3) is 3.87. The fraction of sp³-hybridized carbons (Fsp3) is 0.778. The second-order valence-corrected chi connectivity index (χ2v) is 4.89. The van der Waals surface area contributed by atoms with Gasteiger partial charge in [-0.3, -0.25) is 4.90 Å². The van der Waals surface area contributed by atoms with Gasteiger partial charge in [-0.25, -0.2) is 0 Å². The minimum atomic E-state index is 1.14. The van der Waals surface area contributed by atoms with Gasteiger partial charge in [0.05, 0.1) is 0 Å². The van der Waals surface area contributed by atoms with Gasteiger partial charge in [0, 0.05) is 26.2 Å². The van der Waals surface area contributed by atoms with E-state index in [0.717, 1.165) is 6.54 Å². The topological polar surface area (TPSA) is 6.48 Å². The van der Waals surface area contributed by atoms with Crippen molar-refractivity contribution in [2.75, 3.05) is 40.3 Å². The Bertz CT molecular complexity index is 166. The van der Waals surface area contributed by atoms with Crippen LogP contribution in [0.3, 0.4) is 0 Å². The van der Waals surface area contributed by atoms with Gasteiger partial charge in [-0.1, -0.05) is 6.08 Å². The first kappa shape index (κ1) is 10.5. The van der Waals surface area contributed by atoms with Crippen molar-refractivity contribution in [3.05, 3.63) is 9.66 Å². The molecule has 1 heterocycles. The molecule has 0 aromatic rings. The predicted molar refractivity (Wildman–Crippen MR) is 61.7 cm³/mol. The maximum atomic E-state index is 2.50. The van der Waals surface area contributed by atoms with Crippen LogP contribution in [0, 0.1) is 0 Å². The van der Waals surface area contributed by atoms with Crippen LogP contribution in [-0.4, -0.2) is 50.1 Å². The molecule has 0 aromatic carbocycles. The van der Waals surface area contributed by atoms with Gasteiger partial charge in [-0.15, -0.1) is 0 Å². The quantitative estimate of drug-likeness (QED) is 0.724. The lowest BCUT2D eigenvalue weighted by Crippen LogP contribution is -2.34. The molecule has 0 aromatic heterocycles. The number of rotatable bonds is 3. The Hall–Kier alpha value is 0.390. The van der Waals surface area contributed by atoms with E-state index in [4.69, 9.17) is 0 Å². The van der Waals surface area contributed by atoms with Gasteiger partial charge < -0.3 is 4.90 Å². The lowest BCUT2D eigenvalue weighted by atomic mass is 10.2. The van der Waals surface area contributed by atoms with Crippen LogP contribution in [0.15, 0.2) is 9.66 Å². The van der Waals surface area contributed by atoms with E-state index in [1.807, 2.05) is 0 Å². The summed E-state index contributed by atoms with van der Waals surface area (Å²) in [6.07, 6.45) is 3.58. The molecule has 0 amide bonds. The first-order chi connectivity index (χ1) is 5.68. The maximum absolute atomic E-state index is 2.50. The summed E-state index contributed by atoms with van der Waals surface area (Å²) < 4.78 is 1.52. The van der Waals surface area contributed by atoms with E-state index in [1.54, 1.807) is 0 Å². The molecule has 0 radical (unpaired) electrons. The fourth-order valence-corrected chi connectivity index (χ4v) is 1.67. The average Bonchev–Trinajstić information content (AvgIpc) is 2.03. The number of halogens is 1. The predicted octanol–water partition coefficient (Wildman–Crippen LogP) is 1.57. The lowest BCUT2D eigenvalue weighted by molar-refractivity contribution is 0.258. The summed E-state index contributed by atoms with van der Waals surface area (Å²) in [5.74, 6) is 0. The highest BCUT2D eigenvalue weighted by molar-refractivity contribution is 14.1. The van der Waals surface area contributed by atoms with Crippen LogP contribution in [0.1, 0.15) is 6.42 Å². The summed E-state index contributed by atoms with van der Waals surface area (Å²) >= 11 is 2.43.